The number of benzene rings is 4. The number of rotatable bonds is 2. The summed E-state index contributed by atoms with van der Waals surface area (Å²) in [6.45, 7) is 0. The fourth-order valence-electron chi connectivity index (χ4n) is 3.66. The van der Waals surface area contributed by atoms with Gasteiger partial charge in [-0.25, -0.2) is 9.97 Å². The maximum absolute atomic E-state index is 10.3. The van der Waals surface area contributed by atoms with E-state index >= 15 is 0 Å². The van der Waals surface area contributed by atoms with E-state index in [0.717, 1.165) is 37.1 Å². The average molecular weight is 394 g/mol. The van der Waals surface area contributed by atoms with Crippen molar-refractivity contribution in [2.75, 3.05) is 0 Å². The molecule has 0 saturated heterocycles. The van der Waals surface area contributed by atoms with Crippen molar-refractivity contribution in [2.24, 2.45) is 0 Å². The first-order valence-electron chi connectivity index (χ1n) is 9.24. The molecule has 0 fully saturated rings. The van der Waals surface area contributed by atoms with Crippen LogP contribution in [-0.4, -0.2) is 15.1 Å². The highest BCUT2D eigenvalue weighted by Crippen LogP contribution is 2.41. The van der Waals surface area contributed by atoms with Gasteiger partial charge in [-0.1, -0.05) is 48.5 Å². The first-order chi connectivity index (χ1) is 14.3. The molecule has 2 aromatic heterocycles. The van der Waals surface area contributed by atoms with Crippen molar-refractivity contribution in [3.8, 4) is 27.8 Å². The van der Waals surface area contributed by atoms with E-state index in [4.69, 9.17) is 14.4 Å². The first-order valence-corrected chi connectivity index (χ1v) is 10.1. The third-order valence-electron chi connectivity index (χ3n) is 5.05. The molecule has 0 bridgehead atoms. The van der Waals surface area contributed by atoms with Gasteiger partial charge in [0.2, 0.25) is 5.89 Å². The summed E-state index contributed by atoms with van der Waals surface area (Å²) in [5, 5.41) is 13.3. The molecule has 138 valence electrons. The Morgan fingerprint density at radius 1 is 0.793 bits per heavy atom. The van der Waals surface area contributed by atoms with Crippen LogP contribution in [0.15, 0.2) is 83.3 Å². The zero-order chi connectivity index (χ0) is 19.4. The lowest BCUT2D eigenvalue weighted by Gasteiger charge is -2.02. The Kier molecular flexibility index (Phi) is 3.45. The number of aromatic nitrogens is 2. The minimum Gasteiger partial charge on any atom is -0.507 e. The minimum atomic E-state index is 0.143. The summed E-state index contributed by atoms with van der Waals surface area (Å²) < 4.78 is 7.35. The highest BCUT2D eigenvalue weighted by atomic mass is 32.1. The third kappa shape index (κ3) is 2.52. The average Bonchev–Trinajstić information content (AvgIpc) is 3.38. The van der Waals surface area contributed by atoms with Crippen LogP contribution in [0.25, 0.3) is 54.1 Å². The van der Waals surface area contributed by atoms with Crippen LogP contribution in [0.4, 0.5) is 0 Å². The molecule has 0 amide bonds. The predicted octanol–water partition coefficient (Wildman–Crippen LogP) is 6.63. The lowest BCUT2D eigenvalue weighted by molar-refractivity contribution is 0.474. The third-order valence-corrected chi connectivity index (χ3v) is 6.12. The highest BCUT2D eigenvalue weighted by molar-refractivity contribution is 7.21. The Bertz CT molecular complexity index is 1500. The lowest BCUT2D eigenvalue weighted by Crippen LogP contribution is -1.82. The van der Waals surface area contributed by atoms with Crippen molar-refractivity contribution in [3.63, 3.8) is 0 Å². The molecule has 29 heavy (non-hydrogen) atoms. The number of hydrogen-bond acceptors (Lipinski definition) is 5. The van der Waals surface area contributed by atoms with Crippen molar-refractivity contribution in [1.29, 1.82) is 0 Å². The second-order valence-corrected chi connectivity index (χ2v) is 7.88. The van der Waals surface area contributed by atoms with Gasteiger partial charge in [0.25, 0.3) is 0 Å². The van der Waals surface area contributed by atoms with Gasteiger partial charge in [0.15, 0.2) is 5.58 Å². The number of aromatic hydroxyl groups is 1. The maximum Gasteiger partial charge on any atom is 0.231 e. The van der Waals surface area contributed by atoms with Gasteiger partial charge in [-0.2, -0.15) is 0 Å². The van der Waals surface area contributed by atoms with Crippen LogP contribution in [0, 0.1) is 0 Å². The SMILES string of the molecule is Oc1ccccc1-c1nc2c(o1)c(-c1nc3ccccc3s1)cc1ccccc12. The molecule has 0 aliphatic heterocycles. The van der Waals surface area contributed by atoms with Gasteiger partial charge in [0.05, 0.1) is 21.3 Å². The van der Waals surface area contributed by atoms with Gasteiger partial charge in [-0.3, -0.25) is 0 Å². The quantitative estimate of drug-likeness (QED) is 0.358. The Morgan fingerprint density at radius 3 is 2.48 bits per heavy atom. The van der Waals surface area contributed by atoms with Crippen LogP contribution >= 0.6 is 11.3 Å². The molecule has 0 unspecified atom stereocenters. The Morgan fingerprint density at radius 2 is 1.59 bits per heavy atom. The summed E-state index contributed by atoms with van der Waals surface area (Å²) in [6, 6.07) is 25.4. The number of fused-ring (bicyclic) bond motifs is 4. The molecule has 4 nitrogen and oxygen atoms in total. The standard InChI is InChI=1S/C24H14N2O2S/c27-19-11-5-3-9-16(19)23-26-21-15-8-2-1-7-14(15)13-17(22(21)28-23)24-25-18-10-4-6-12-20(18)29-24/h1-13,27H. The molecule has 0 spiro atoms. The summed E-state index contributed by atoms with van der Waals surface area (Å²) in [4.78, 5) is 9.58. The molecular formula is C24H14N2O2S. The molecule has 0 atom stereocenters. The number of nitrogens with zero attached hydrogens (tertiary/aromatic N) is 2. The zero-order valence-electron chi connectivity index (χ0n) is 15.2. The normalized spacial score (nSPS) is 11.6. The van der Waals surface area contributed by atoms with E-state index in [0.29, 0.717) is 17.0 Å². The Labute approximate surface area is 169 Å². The lowest BCUT2D eigenvalue weighted by atomic mass is 10.1. The van der Waals surface area contributed by atoms with Crippen LogP contribution in [0.1, 0.15) is 0 Å². The number of phenolic OH excluding ortho intramolecular Hbond substituents is 1. The summed E-state index contributed by atoms with van der Waals surface area (Å²) in [5.41, 5.74) is 3.91. The van der Waals surface area contributed by atoms with Crippen LogP contribution in [-0.2, 0) is 0 Å². The molecule has 0 saturated carbocycles. The molecule has 0 radical (unpaired) electrons. The van der Waals surface area contributed by atoms with Crippen LogP contribution in [0.3, 0.4) is 0 Å². The van der Waals surface area contributed by atoms with Crippen LogP contribution < -0.4 is 0 Å². The largest absolute Gasteiger partial charge is 0.507 e. The number of oxazole rings is 1. The summed E-state index contributed by atoms with van der Waals surface area (Å²) in [7, 11) is 0. The van der Waals surface area contributed by atoms with E-state index in [9.17, 15) is 5.11 Å². The summed E-state index contributed by atoms with van der Waals surface area (Å²) in [5.74, 6) is 0.543. The molecule has 6 rings (SSSR count). The fourth-order valence-corrected chi connectivity index (χ4v) is 4.64. The monoisotopic (exact) mass is 394 g/mol. The number of para-hydroxylation sites is 2. The van der Waals surface area contributed by atoms with Crippen molar-refractivity contribution in [1.82, 2.24) is 9.97 Å². The van der Waals surface area contributed by atoms with E-state index < -0.39 is 0 Å². The Balaban J connectivity index is 1.70. The Hall–Kier alpha value is -3.70. The van der Waals surface area contributed by atoms with Crippen LogP contribution in [0.5, 0.6) is 5.75 Å². The molecule has 4 aromatic carbocycles. The topological polar surface area (TPSA) is 59.2 Å². The summed E-state index contributed by atoms with van der Waals surface area (Å²) >= 11 is 1.63. The minimum absolute atomic E-state index is 0.143. The number of phenols is 1. The van der Waals surface area contributed by atoms with E-state index in [1.807, 2.05) is 42.5 Å². The second kappa shape index (κ2) is 6.15. The molecule has 0 aliphatic rings. The predicted molar refractivity (Wildman–Crippen MR) is 117 cm³/mol. The molecule has 1 N–H and O–H groups in total. The van der Waals surface area contributed by atoms with E-state index in [-0.39, 0.29) is 5.75 Å². The zero-order valence-corrected chi connectivity index (χ0v) is 16.0. The molecule has 2 heterocycles. The fraction of sp³-hybridized carbons (Fsp3) is 0. The maximum atomic E-state index is 10.3. The van der Waals surface area contributed by atoms with Crippen molar-refractivity contribution in [2.45, 2.75) is 0 Å². The van der Waals surface area contributed by atoms with Gasteiger partial charge in [0.1, 0.15) is 16.3 Å². The molecular weight excluding hydrogens is 380 g/mol. The first kappa shape index (κ1) is 16.3. The smallest absolute Gasteiger partial charge is 0.231 e. The summed E-state index contributed by atoms with van der Waals surface area (Å²) in [6.07, 6.45) is 0. The number of thiazole rings is 1. The van der Waals surface area contributed by atoms with Crippen molar-refractivity contribution >= 4 is 43.4 Å². The molecule has 6 aromatic rings. The van der Waals surface area contributed by atoms with E-state index in [1.54, 1.807) is 29.5 Å². The van der Waals surface area contributed by atoms with Crippen molar-refractivity contribution < 1.29 is 9.52 Å². The van der Waals surface area contributed by atoms with Crippen molar-refractivity contribution in [3.05, 3.63) is 78.9 Å². The molecule has 5 heteroatoms. The number of hydrogen-bond donors (Lipinski definition) is 1. The van der Waals surface area contributed by atoms with Gasteiger partial charge < -0.3 is 9.52 Å². The van der Waals surface area contributed by atoms with Gasteiger partial charge in [0, 0.05) is 5.39 Å². The van der Waals surface area contributed by atoms with E-state index in [2.05, 4.69) is 18.2 Å². The van der Waals surface area contributed by atoms with Gasteiger partial charge in [-0.15, -0.1) is 11.3 Å². The highest BCUT2D eigenvalue weighted by Gasteiger charge is 2.19. The second-order valence-electron chi connectivity index (χ2n) is 6.85. The van der Waals surface area contributed by atoms with Gasteiger partial charge in [-0.05, 0) is 35.7 Å². The van der Waals surface area contributed by atoms with E-state index in [1.165, 1.54) is 0 Å². The molecule has 0 aliphatic carbocycles. The van der Waals surface area contributed by atoms with Crippen LogP contribution in [0.2, 0.25) is 0 Å². The van der Waals surface area contributed by atoms with Gasteiger partial charge >= 0.3 is 0 Å².